The molecule has 19 heavy (non-hydrogen) atoms. The summed E-state index contributed by atoms with van der Waals surface area (Å²) < 4.78 is 0.991. The number of rotatable bonds is 3. The third-order valence-corrected chi connectivity index (χ3v) is 3.23. The zero-order valence-corrected chi connectivity index (χ0v) is 12.1. The van der Waals surface area contributed by atoms with Gasteiger partial charge in [0.1, 0.15) is 0 Å². The quantitative estimate of drug-likeness (QED) is 0.670. The first kappa shape index (κ1) is 13.8. The van der Waals surface area contributed by atoms with Gasteiger partial charge in [0.05, 0.1) is 16.8 Å². The van der Waals surface area contributed by atoms with Crippen molar-refractivity contribution in [3.63, 3.8) is 0 Å². The number of benzene rings is 2. The number of hydrogen-bond donors (Lipinski definition) is 1. The van der Waals surface area contributed by atoms with E-state index in [4.69, 9.17) is 11.6 Å². The van der Waals surface area contributed by atoms with E-state index in [9.17, 15) is 4.79 Å². The van der Waals surface area contributed by atoms with Gasteiger partial charge in [0, 0.05) is 4.47 Å². The second kappa shape index (κ2) is 6.50. The molecule has 1 N–H and O–H groups in total. The molecular formula is C14H10BrClN2O. The molecule has 3 nitrogen and oxygen atoms in total. The van der Waals surface area contributed by atoms with Crippen molar-refractivity contribution in [3.05, 3.63) is 69.2 Å². The minimum atomic E-state index is -0.334. The minimum absolute atomic E-state index is 0.334. The molecule has 0 saturated carbocycles. The molecule has 5 heteroatoms. The van der Waals surface area contributed by atoms with E-state index in [-0.39, 0.29) is 5.91 Å². The largest absolute Gasteiger partial charge is 0.272 e. The maximum Gasteiger partial charge on any atom is 0.272 e. The predicted octanol–water partition coefficient (Wildman–Crippen LogP) is 3.87. The zero-order chi connectivity index (χ0) is 13.7. The number of halogens is 2. The minimum Gasteiger partial charge on any atom is -0.267 e. The number of carbonyl (C=O) groups is 1. The highest BCUT2D eigenvalue weighted by Crippen LogP contribution is 2.14. The molecule has 0 atom stereocenters. The van der Waals surface area contributed by atoms with E-state index in [1.54, 1.807) is 30.5 Å². The van der Waals surface area contributed by atoms with Crippen LogP contribution in [0.1, 0.15) is 15.9 Å². The molecular weight excluding hydrogens is 328 g/mol. The van der Waals surface area contributed by atoms with Crippen molar-refractivity contribution in [1.29, 1.82) is 0 Å². The molecule has 0 unspecified atom stereocenters. The number of nitrogens with one attached hydrogen (secondary N) is 1. The van der Waals surface area contributed by atoms with Crippen LogP contribution in [0, 0.1) is 0 Å². The Kier molecular flexibility index (Phi) is 4.71. The molecule has 0 aliphatic rings. The summed E-state index contributed by atoms with van der Waals surface area (Å²) in [6.07, 6.45) is 1.57. The molecule has 0 aliphatic carbocycles. The average Bonchev–Trinajstić information content (AvgIpc) is 2.41. The summed E-state index contributed by atoms with van der Waals surface area (Å²) in [6, 6.07) is 14.4. The lowest BCUT2D eigenvalue weighted by atomic mass is 10.2. The van der Waals surface area contributed by atoms with Crippen LogP contribution in [0.3, 0.4) is 0 Å². The predicted molar refractivity (Wildman–Crippen MR) is 80.7 cm³/mol. The SMILES string of the molecule is O=C(NN=Cc1ccc(Br)cc1)c1ccccc1Cl. The first-order chi connectivity index (χ1) is 9.16. The summed E-state index contributed by atoms with van der Waals surface area (Å²) in [5.74, 6) is -0.334. The summed E-state index contributed by atoms with van der Waals surface area (Å²) >= 11 is 9.26. The second-order valence-electron chi connectivity index (χ2n) is 3.73. The second-order valence-corrected chi connectivity index (χ2v) is 5.05. The Morgan fingerprint density at radius 3 is 2.53 bits per heavy atom. The Morgan fingerprint density at radius 2 is 1.84 bits per heavy atom. The van der Waals surface area contributed by atoms with Crippen LogP contribution in [0.4, 0.5) is 0 Å². The van der Waals surface area contributed by atoms with E-state index >= 15 is 0 Å². The fourth-order valence-corrected chi connectivity index (χ4v) is 1.91. The maximum atomic E-state index is 11.8. The van der Waals surface area contributed by atoms with E-state index in [1.807, 2.05) is 24.3 Å². The van der Waals surface area contributed by atoms with Crippen LogP contribution in [-0.2, 0) is 0 Å². The lowest BCUT2D eigenvalue weighted by Gasteiger charge is -2.01. The van der Waals surface area contributed by atoms with Crippen molar-refractivity contribution < 1.29 is 4.79 Å². The Morgan fingerprint density at radius 1 is 1.16 bits per heavy atom. The van der Waals surface area contributed by atoms with Crippen molar-refractivity contribution in [2.24, 2.45) is 5.10 Å². The Labute approximate surface area is 124 Å². The van der Waals surface area contributed by atoms with Crippen LogP contribution >= 0.6 is 27.5 Å². The molecule has 2 aromatic carbocycles. The molecule has 0 bridgehead atoms. The number of hydrazone groups is 1. The smallest absolute Gasteiger partial charge is 0.267 e. The molecule has 0 fully saturated rings. The van der Waals surface area contributed by atoms with Crippen LogP contribution in [0.25, 0.3) is 0 Å². The Bertz CT molecular complexity index is 611. The summed E-state index contributed by atoms with van der Waals surface area (Å²) in [6.45, 7) is 0. The van der Waals surface area contributed by atoms with Gasteiger partial charge in [-0.1, -0.05) is 51.8 Å². The molecule has 0 aromatic heterocycles. The van der Waals surface area contributed by atoms with E-state index in [0.29, 0.717) is 10.6 Å². The first-order valence-electron chi connectivity index (χ1n) is 5.50. The van der Waals surface area contributed by atoms with E-state index in [1.165, 1.54) is 0 Å². The van der Waals surface area contributed by atoms with Gasteiger partial charge >= 0.3 is 0 Å². The fraction of sp³-hybridized carbons (Fsp3) is 0. The zero-order valence-electron chi connectivity index (χ0n) is 9.81. The summed E-state index contributed by atoms with van der Waals surface area (Å²) in [5.41, 5.74) is 3.73. The van der Waals surface area contributed by atoms with Gasteiger partial charge in [-0.15, -0.1) is 0 Å². The summed E-state index contributed by atoms with van der Waals surface area (Å²) in [4.78, 5) is 11.8. The van der Waals surface area contributed by atoms with Gasteiger partial charge in [-0.05, 0) is 29.8 Å². The molecule has 0 radical (unpaired) electrons. The average molecular weight is 338 g/mol. The third kappa shape index (κ3) is 3.91. The van der Waals surface area contributed by atoms with Crippen molar-refractivity contribution in [1.82, 2.24) is 5.43 Å². The molecule has 1 amide bonds. The van der Waals surface area contributed by atoms with Crippen LogP contribution in [0.15, 0.2) is 58.1 Å². The van der Waals surface area contributed by atoms with Gasteiger partial charge in [-0.25, -0.2) is 5.43 Å². The Hall–Kier alpha value is -1.65. The number of amides is 1. The lowest BCUT2D eigenvalue weighted by molar-refractivity contribution is 0.0955. The van der Waals surface area contributed by atoms with Crippen molar-refractivity contribution in [2.75, 3.05) is 0 Å². The van der Waals surface area contributed by atoms with Gasteiger partial charge in [0.25, 0.3) is 5.91 Å². The highest BCUT2D eigenvalue weighted by atomic mass is 79.9. The molecule has 96 valence electrons. The monoisotopic (exact) mass is 336 g/mol. The van der Waals surface area contributed by atoms with E-state index in [2.05, 4.69) is 26.5 Å². The number of nitrogens with zero attached hydrogens (tertiary/aromatic N) is 1. The summed E-state index contributed by atoms with van der Waals surface area (Å²) in [7, 11) is 0. The Balaban J connectivity index is 2.01. The molecule has 2 aromatic rings. The van der Waals surface area contributed by atoms with Crippen LogP contribution < -0.4 is 5.43 Å². The van der Waals surface area contributed by atoms with Crippen molar-refractivity contribution >= 4 is 39.7 Å². The third-order valence-electron chi connectivity index (χ3n) is 2.37. The van der Waals surface area contributed by atoms with Gasteiger partial charge in [0.2, 0.25) is 0 Å². The van der Waals surface area contributed by atoms with Crippen LogP contribution in [-0.4, -0.2) is 12.1 Å². The highest BCUT2D eigenvalue weighted by Gasteiger charge is 2.07. The highest BCUT2D eigenvalue weighted by molar-refractivity contribution is 9.10. The van der Waals surface area contributed by atoms with Crippen LogP contribution in [0.2, 0.25) is 5.02 Å². The topological polar surface area (TPSA) is 41.5 Å². The molecule has 0 saturated heterocycles. The first-order valence-corrected chi connectivity index (χ1v) is 6.67. The molecule has 0 spiro atoms. The lowest BCUT2D eigenvalue weighted by Crippen LogP contribution is -2.17. The van der Waals surface area contributed by atoms with Gasteiger partial charge in [0.15, 0.2) is 0 Å². The van der Waals surface area contributed by atoms with Gasteiger partial charge in [-0.3, -0.25) is 4.79 Å². The van der Waals surface area contributed by atoms with E-state index in [0.717, 1.165) is 10.0 Å². The summed E-state index contributed by atoms with van der Waals surface area (Å²) in [5, 5.41) is 4.29. The van der Waals surface area contributed by atoms with Gasteiger partial charge < -0.3 is 0 Å². The van der Waals surface area contributed by atoms with E-state index < -0.39 is 0 Å². The number of hydrogen-bond acceptors (Lipinski definition) is 2. The molecule has 0 heterocycles. The van der Waals surface area contributed by atoms with Crippen molar-refractivity contribution in [2.45, 2.75) is 0 Å². The number of carbonyl (C=O) groups excluding carboxylic acids is 1. The van der Waals surface area contributed by atoms with Crippen molar-refractivity contribution in [3.8, 4) is 0 Å². The molecule has 2 rings (SSSR count). The van der Waals surface area contributed by atoms with Gasteiger partial charge in [-0.2, -0.15) is 5.10 Å². The maximum absolute atomic E-state index is 11.8. The molecule has 0 aliphatic heterocycles. The normalized spacial score (nSPS) is 10.6. The standard InChI is InChI=1S/C14H10BrClN2O/c15-11-7-5-10(6-8-11)9-17-18-14(19)12-3-1-2-4-13(12)16/h1-9H,(H,18,19). The fourth-order valence-electron chi connectivity index (χ4n) is 1.42. The van der Waals surface area contributed by atoms with Crippen LogP contribution in [0.5, 0.6) is 0 Å².